The third-order valence-electron chi connectivity index (χ3n) is 30.4. The first-order valence-corrected chi connectivity index (χ1v) is 49.3. The molecule has 9 heterocycles. The predicted molar refractivity (Wildman–Crippen MR) is 591 cm³/mol. The zero-order chi connectivity index (χ0) is 94.3. The third-order valence-corrected chi connectivity index (χ3v) is 31.5. The molecular formula is C131H87N7O4S. The van der Waals surface area contributed by atoms with Crippen LogP contribution in [0.3, 0.4) is 0 Å². The second-order valence-electron chi connectivity index (χ2n) is 39.4. The van der Waals surface area contributed by atoms with Gasteiger partial charge in [0.25, 0.3) is 0 Å². The van der Waals surface area contributed by atoms with Crippen LogP contribution in [0.5, 0.6) is 0 Å². The summed E-state index contributed by atoms with van der Waals surface area (Å²) in [5.41, 5.74) is 36.2. The average Bonchev–Trinajstić information content (AvgIpc) is 1.55. The number of nitrogens with zero attached hydrogens (tertiary/aromatic N) is 7. The Bertz CT molecular complexity index is 10300. The summed E-state index contributed by atoms with van der Waals surface area (Å²) < 4.78 is 28.2. The maximum absolute atomic E-state index is 6.72. The lowest BCUT2D eigenvalue weighted by atomic mass is 9.80. The highest BCUT2D eigenvalue weighted by Crippen LogP contribution is 2.60. The number of pyridine rings is 1. The van der Waals surface area contributed by atoms with Crippen molar-refractivity contribution in [1.82, 2.24) is 34.9 Å². The van der Waals surface area contributed by atoms with Gasteiger partial charge in [-0.1, -0.05) is 340 Å². The fraction of sp³-hybridized carbons (Fsp3) is 0.0763. The summed E-state index contributed by atoms with van der Waals surface area (Å²) >= 11 is 1.83. The van der Waals surface area contributed by atoms with Crippen LogP contribution in [0.2, 0.25) is 0 Å². The smallest absolute Gasteiger partial charge is 0.164 e. The van der Waals surface area contributed by atoms with Gasteiger partial charge in [-0.2, -0.15) is 0 Å². The molecule has 0 saturated heterocycles. The van der Waals surface area contributed by atoms with Crippen molar-refractivity contribution in [3.8, 4) is 113 Å². The lowest BCUT2D eigenvalue weighted by Gasteiger charge is -2.24. The second-order valence-corrected chi connectivity index (χ2v) is 40.5. The number of hydrogen-bond donors (Lipinski definition) is 0. The fourth-order valence-electron chi connectivity index (χ4n) is 23.8. The Kier molecular flexibility index (Phi) is 18.3. The van der Waals surface area contributed by atoms with E-state index in [-0.39, 0.29) is 23.7 Å². The van der Waals surface area contributed by atoms with Gasteiger partial charge in [0, 0.05) is 140 Å². The third kappa shape index (κ3) is 12.5. The molecule has 0 unspecified atom stereocenters. The van der Waals surface area contributed by atoms with Gasteiger partial charge in [0.05, 0.1) is 50.4 Å². The molecule has 0 N–H and O–H groups in total. The maximum Gasteiger partial charge on any atom is 0.164 e. The molecule has 0 fully saturated rings. The predicted octanol–water partition coefficient (Wildman–Crippen LogP) is 35.8. The molecule has 31 rings (SSSR count). The van der Waals surface area contributed by atoms with E-state index in [1.54, 1.807) is 0 Å². The highest BCUT2D eigenvalue weighted by molar-refractivity contribution is 7.26. The van der Waals surface area contributed by atoms with Crippen molar-refractivity contribution in [2.24, 2.45) is 0 Å². The van der Waals surface area contributed by atoms with Gasteiger partial charge in [-0.25, -0.2) is 34.9 Å². The molecule has 28 aromatic rings. The quantitative estimate of drug-likeness (QED) is 0.141. The van der Waals surface area contributed by atoms with Crippen molar-refractivity contribution in [3.63, 3.8) is 0 Å². The Labute approximate surface area is 825 Å². The number of aromatic nitrogens is 7. The number of furan rings is 4. The largest absolute Gasteiger partial charge is 0.456 e. The number of fused-ring (bicyclic) bond motifs is 34. The van der Waals surface area contributed by atoms with E-state index in [1.165, 1.54) is 97.7 Å². The maximum atomic E-state index is 6.72. The Morgan fingerprint density at radius 1 is 0.203 bits per heavy atom. The van der Waals surface area contributed by atoms with E-state index in [0.717, 1.165) is 205 Å². The van der Waals surface area contributed by atoms with E-state index >= 15 is 0 Å². The normalized spacial score (nSPS) is 13.5. The summed E-state index contributed by atoms with van der Waals surface area (Å²) in [5.74, 6) is 2.11. The van der Waals surface area contributed by atoms with Crippen LogP contribution >= 0.6 is 11.3 Å². The zero-order valence-electron chi connectivity index (χ0n) is 78.2. The van der Waals surface area contributed by atoms with Crippen LogP contribution in [0.1, 0.15) is 82.3 Å². The van der Waals surface area contributed by atoms with E-state index in [4.69, 9.17) is 52.6 Å². The number of rotatable bonds is 7. The van der Waals surface area contributed by atoms with Crippen molar-refractivity contribution >= 4 is 174 Å². The SMILES string of the molecule is C.CC1(C)c2ccc(-c3nc(-c4ccccc4)c4c(ccc5sc6ccccc6c54)n3)cc2-c2cc3c(cc21)oc1ccccc13.CC1(C)c2ccc3oc4ccccc4c3c2-c2cccc(-c3nc(-c4ccccc4)c4cc(-c5nc6ccccc6c6ccccc56)ccc4n3)c21.CC1(C)c2ccccc2-c2c1cc(-c1nc(-c3ccccc3)c3c(ccc4oc5ccccc5c43)n1)c1oc3ccccc3c21. The molecule has 676 valence electrons. The monoisotopic (exact) mass is 1850 g/mol. The van der Waals surface area contributed by atoms with Gasteiger partial charge in [-0.15, -0.1) is 11.3 Å². The standard InChI is InChI=1S/C48H31N3O.C41H26N2O2.C41H26N2OS.CH4/c1-48(2)37-24-26-41-43(33-18-9-11-22-40(33)52-41)42(37)34-19-12-20-35(44(34)48)47-50-39-25-23-29(27-36(39)45(51-47)28-13-4-3-5-14-28)46-32-17-7-6-15-30(32)31-16-8-10-21-38(31)49-46;1-41(2)28-17-9-6-14-24(28)34-29(41)22-27(39-36(34)26-16-8-11-19-32(26)45-39)40-42-30-20-21-33-35(25-15-7-10-18-31(25)44-33)37(30)38(43-40)23-12-4-3-5-13-23;1-41(2)30-17-16-24(20-27(30)28-21-29-25-12-6-8-14-33(25)44-34(29)22-31(28)41)40-42-32-18-19-36-37(26-13-7-9-15-35(26)45-36)38(32)39(43-40)23-10-4-3-5-11-23;/h3-27H,1-2H3;2*3-22H,1-2H3;1H4. The molecule has 12 heteroatoms. The van der Waals surface area contributed by atoms with E-state index in [0.29, 0.717) is 5.82 Å². The van der Waals surface area contributed by atoms with Crippen LogP contribution in [0, 0.1) is 0 Å². The van der Waals surface area contributed by atoms with Crippen molar-refractivity contribution < 1.29 is 17.7 Å². The minimum atomic E-state index is -0.286. The van der Waals surface area contributed by atoms with Gasteiger partial charge >= 0.3 is 0 Å². The Balaban J connectivity index is 0.000000105. The molecule has 143 heavy (non-hydrogen) atoms. The molecule has 0 saturated carbocycles. The number of para-hydroxylation sites is 5. The average molecular weight is 1860 g/mol. The highest BCUT2D eigenvalue weighted by atomic mass is 32.1. The molecule has 0 atom stereocenters. The molecule has 3 aliphatic carbocycles. The van der Waals surface area contributed by atoms with Crippen LogP contribution in [0.15, 0.2) is 412 Å². The topological polar surface area (TPSA) is 143 Å². The molecule has 0 radical (unpaired) electrons. The number of thiophene rings is 1. The molecular weight excluding hydrogens is 1770 g/mol. The van der Waals surface area contributed by atoms with Crippen molar-refractivity contribution in [3.05, 3.63) is 428 Å². The Morgan fingerprint density at radius 3 is 1.40 bits per heavy atom. The van der Waals surface area contributed by atoms with Gasteiger partial charge in [0.1, 0.15) is 44.7 Å². The zero-order valence-corrected chi connectivity index (χ0v) is 79.0. The minimum Gasteiger partial charge on any atom is -0.456 e. The molecule has 0 amide bonds. The van der Waals surface area contributed by atoms with E-state index in [9.17, 15) is 0 Å². The summed E-state index contributed by atoms with van der Waals surface area (Å²) in [4.78, 5) is 37.3. The molecule has 0 spiro atoms. The van der Waals surface area contributed by atoms with Crippen LogP contribution in [-0.4, -0.2) is 34.9 Å². The van der Waals surface area contributed by atoms with Gasteiger partial charge in [-0.05, 0) is 175 Å². The Hall–Kier alpha value is -17.7. The molecule has 9 aromatic heterocycles. The summed E-state index contributed by atoms with van der Waals surface area (Å²) in [6, 6.07) is 138. The minimum absolute atomic E-state index is 0. The van der Waals surface area contributed by atoms with Crippen LogP contribution < -0.4 is 0 Å². The van der Waals surface area contributed by atoms with E-state index < -0.39 is 0 Å². The van der Waals surface area contributed by atoms with Crippen LogP contribution in [-0.2, 0) is 16.2 Å². The molecule has 11 nitrogen and oxygen atoms in total. The summed E-state index contributed by atoms with van der Waals surface area (Å²) in [7, 11) is 0. The van der Waals surface area contributed by atoms with Crippen molar-refractivity contribution in [2.75, 3.05) is 0 Å². The highest BCUT2D eigenvalue weighted by Gasteiger charge is 2.43. The molecule has 0 bridgehead atoms. The van der Waals surface area contributed by atoms with Gasteiger partial charge in [0.15, 0.2) is 17.5 Å². The number of hydrogen-bond acceptors (Lipinski definition) is 12. The second kappa shape index (κ2) is 31.4. The number of benzene rings is 19. The first-order chi connectivity index (χ1) is 69.7. The van der Waals surface area contributed by atoms with Crippen LogP contribution in [0.25, 0.3) is 275 Å². The fourth-order valence-corrected chi connectivity index (χ4v) is 24.9. The lowest BCUT2D eigenvalue weighted by Crippen LogP contribution is -2.16. The van der Waals surface area contributed by atoms with Crippen LogP contribution in [0.4, 0.5) is 0 Å². The van der Waals surface area contributed by atoms with Crippen molar-refractivity contribution in [2.45, 2.75) is 65.2 Å². The van der Waals surface area contributed by atoms with E-state index in [1.807, 2.05) is 59.9 Å². The molecule has 3 aliphatic rings. The van der Waals surface area contributed by atoms with Gasteiger partial charge in [-0.3, -0.25) is 0 Å². The Morgan fingerprint density at radius 2 is 0.671 bits per heavy atom. The summed E-state index contributed by atoms with van der Waals surface area (Å²) in [6.07, 6.45) is 0. The first-order valence-electron chi connectivity index (χ1n) is 48.5. The summed E-state index contributed by atoms with van der Waals surface area (Å²) in [5, 5.41) is 18.0. The first kappa shape index (κ1) is 83.5. The molecule has 0 aliphatic heterocycles. The van der Waals surface area contributed by atoms with Crippen molar-refractivity contribution in [1.29, 1.82) is 0 Å². The van der Waals surface area contributed by atoms with Gasteiger partial charge in [0.2, 0.25) is 0 Å². The van der Waals surface area contributed by atoms with E-state index in [2.05, 4.69) is 387 Å². The van der Waals surface area contributed by atoms with Gasteiger partial charge < -0.3 is 17.7 Å². The summed E-state index contributed by atoms with van der Waals surface area (Å²) in [6.45, 7) is 13.9. The lowest BCUT2D eigenvalue weighted by molar-refractivity contribution is 0.647. The molecule has 19 aromatic carbocycles.